The Kier molecular flexibility index (Phi) is 5.75. The first kappa shape index (κ1) is 17.0. The summed E-state index contributed by atoms with van der Waals surface area (Å²) in [4.78, 5) is 7.30. The normalized spacial score (nSPS) is 11.2. The monoisotopic (exact) mass is 340 g/mol. The van der Waals surface area contributed by atoms with E-state index in [1.54, 1.807) is 18.3 Å². The van der Waals surface area contributed by atoms with Gasteiger partial charge in [0.05, 0.1) is 5.69 Å². The number of hydrogen-bond donors (Lipinski definition) is 1. The first-order valence-corrected chi connectivity index (χ1v) is 7.98. The third-order valence-corrected chi connectivity index (χ3v) is 3.49. The Hall–Kier alpha value is -3.89. The minimum atomic E-state index is 0.519. The minimum absolute atomic E-state index is 0.519. The number of para-hydroxylation sites is 1. The Morgan fingerprint density at radius 2 is 1.50 bits per heavy atom. The fourth-order valence-electron chi connectivity index (χ4n) is 2.20. The number of anilines is 1. The zero-order valence-corrected chi connectivity index (χ0v) is 13.9. The fraction of sp³-hybridized carbons (Fsp3) is 0. The van der Waals surface area contributed by atoms with Crippen molar-refractivity contribution in [1.82, 2.24) is 0 Å². The van der Waals surface area contributed by atoms with Crippen molar-refractivity contribution in [3.8, 4) is 0 Å². The molecular formula is C20H16N6. The van der Waals surface area contributed by atoms with Gasteiger partial charge in [0.1, 0.15) is 0 Å². The highest BCUT2D eigenvalue weighted by molar-refractivity contribution is 6.05. The molecule has 0 aliphatic heterocycles. The van der Waals surface area contributed by atoms with E-state index >= 15 is 0 Å². The van der Waals surface area contributed by atoms with Gasteiger partial charge < -0.3 is 0 Å². The highest BCUT2D eigenvalue weighted by Crippen LogP contribution is 2.15. The summed E-state index contributed by atoms with van der Waals surface area (Å²) in [5.74, 6) is 0.519. The molecule has 126 valence electrons. The SMILES string of the molecule is [N-]=[N+]=Nc1ccc(/C(N=Cc2ccccc2)=N/Nc2ccccc2)cc1. The van der Waals surface area contributed by atoms with Crippen LogP contribution in [0, 0.1) is 0 Å². The van der Waals surface area contributed by atoms with Crippen molar-refractivity contribution < 1.29 is 0 Å². The van der Waals surface area contributed by atoms with Crippen molar-refractivity contribution in [2.24, 2.45) is 15.2 Å². The van der Waals surface area contributed by atoms with Crippen molar-refractivity contribution in [2.75, 3.05) is 5.43 Å². The summed E-state index contributed by atoms with van der Waals surface area (Å²) in [5.41, 5.74) is 14.7. The molecule has 0 fully saturated rings. The highest BCUT2D eigenvalue weighted by Gasteiger charge is 2.02. The Labute approximate surface area is 151 Å². The molecule has 3 rings (SSSR count). The van der Waals surface area contributed by atoms with Crippen LogP contribution in [0.4, 0.5) is 11.4 Å². The zero-order chi connectivity index (χ0) is 18.0. The van der Waals surface area contributed by atoms with E-state index in [1.807, 2.05) is 72.8 Å². The summed E-state index contributed by atoms with van der Waals surface area (Å²) in [6, 6.07) is 26.5. The minimum Gasteiger partial charge on any atom is -0.276 e. The number of nitrogens with one attached hydrogen (secondary N) is 1. The average molecular weight is 340 g/mol. The second-order valence-corrected chi connectivity index (χ2v) is 5.32. The maximum atomic E-state index is 8.52. The van der Waals surface area contributed by atoms with E-state index in [0.717, 1.165) is 16.8 Å². The molecule has 0 aromatic heterocycles. The lowest BCUT2D eigenvalue weighted by Crippen LogP contribution is -2.02. The van der Waals surface area contributed by atoms with Gasteiger partial charge in [-0.15, -0.1) is 0 Å². The van der Waals surface area contributed by atoms with Crippen molar-refractivity contribution in [1.29, 1.82) is 0 Å². The molecule has 6 nitrogen and oxygen atoms in total. The Balaban J connectivity index is 1.89. The summed E-state index contributed by atoms with van der Waals surface area (Å²) in [5, 5.41) is 8.00. The molecule has 26 heavy (non-hydrogen) atoms. The lowest BCUT2D eigenvalue weighted by Gasteiger charge is -2.04. The number of aliphatic imine (C=N–C) groups is 1. The molecule has 0 spiro atoms. The smallest absolute Gasteiger partial charge is 0.179 e. The summed E-state index contributed by atoms with van der Waals surface area (Å²) in [7, 11) is 0. The fourth-order valence-corrected chi connectivity index (χ4v) is 2.20. The molecule has 0 radical (unpaired) electrons. The van der Waals surface area contributed by atoms with Crippen LogP contribution in [0.1, 0.15) is 11.1 Å². The molecule has 0 saturated heterocycles. The quantitative estimate of drug-likeness (QED) is 0.163. The van der Waals surface area contributed by atoms with E-state index in [1.165, 1.54) is 0 Å². The molecule has 0 aliphatic carbocycles. The van der Waals surface area contributed by atoms with E-state index < -0.39 is 0 Å². The predicted molar refractivity (Wildman–Crippen MR) is 106 cm³/mol. The standard InChI is InChI=1S/C20H16N6/c21-26-24-19-13-11-17(12-14-19)20(22-15-16-7-3-1-4-8-16)25-23-18-9-5-2-6-10-18/h1-15,23H/b22-15?,25-20-. The Morgan fingerprint density at radius 1 is 0.846 bits per heavy atom. The average Bonchev–Trinajstić information content (AvgIpc) is 2.71. The second-order valence-electron chi connectivity index (χ2n) is 5.32. The first-order valence-electron chi connectivity index (χ1n) is 7.98. The van der Waals surface area contributed by atoms with Gasteiger partial charge in [0.15, 0.2) is 5.84 Å². The van der Waals surface area contributed by atoms with Crippen LogP contribution < -0.4 is 5.43 Å². The number of hydrogen-bond acceptors (Lipinski definition) is 3. The number of amidine groups is 1. The third kappa shape index (κ3) is 4.80. The van der Waals surface area contributed by atoms with Gasteiger partial charge in [0, 0.05) is 22.4 Å². The van der Waals surface area contributed by atoms with Crippen LogP contribution in [-0.4, -0.2) is 12.1 Å². The lowest BCUT2D eigenvalue weighted by molar-refractivity contribution is 1.31. The number of nitrogens with zero attached hydrogens (tertiary/aromatic N) is 5. The highest BCUT2D eigenvalue weighted by atomic mass is 15.3. The lowest BCUT2D eigenvalue weighted by atomic mass is 10.2. The molecule has 6 heteroatoms. The van der Waals surface area contributed by atoms with Gasteiger partial charge in [0.25, 0.3) is 0 Å². The van der Waals surface area contributed by atoms with Gasteiger partial charge in [-0.3, -0.25) is 5.43 Å². The number of azide groups is 1. The van der Waals surface area contributed by atoms with E-state index in [2.05, 4.69) is 25.5 Å². The molecule has 3 aromatic carbocycles. The number of rotatable bonds is 5. The van der Waals surface area contributed by atoms with Crippen LogP contribution in [-0.2, 0) is 0 Å². The Morgan fingerprint density at radius 3 is 2.15 bits per heavy atom. The summed E-state index contributed by atoms with van der Waals surface area (Å²) >= 11 is 0. The number of hydrazone groups is 1. The topological polar surface area (TPSA) is 85.5 Å². The van der Waals surface area contributed by atoms with Crippen LogP contribution in [0.5, 0.6) is 0 Å². The first-order chi connectivity index (χ1) is 12.8. The van der Waals surface area contributed by atoms with Crippen LogP contribution in [0.25, 0.3) is 10.4 Å². The molecule has 0 heterocycles. The maximum absolute atomic E-state index is 8.52. The molecular weight excluding hydrogens is 324 g/mol. The van der Waals surface area contributed by atoms with E-state index in [-0.39, 0.29) is 0 Å². The summed E-state index contributed by atoms with van der Waals surface area (Å²) in [6.45, 7) is 0. The molecule has 0 aliphatic rings. The number of benzene rings is 3. The summed E-state index contributed by atoms with van der Waals surface area (Å²) < 4.78 is 0. The van der Waals surface area contributed by atoms with Crippen molar-refractivity contribution in [3.05, 3.63) is 106 Å². The van der Waals surface area contributed by atoms with Crippen molar-refractivity contribution in [3.63, 3.8) is 0 Å². The Bertz CT molecular complexity index is 941. The molecule has 0 unspecified atom stereocenters. The van der Waals surface area contributed by atoms with Crippen molar-refractivity contribution >= 4 is 23.4 Å². The van der Waals surface area contributed by atoms with Gasteiger partial charge in [-0.1, -0.05) is 77.9 Å². The van der Waals surface area contributed by atoms with Gasteiger partial charge in [-0.25, -0.2) is 4.99 Å². The molecule has 1 N–H and O–H groups in total. The van der Waals surface area contributed by atoms with Gasteiger partial charge in [-0.05, 0) is 23.2 Å². The van der Waals surface area contributed by atoms with E-state index in [4.69, 9.17) is 5.53 Å². The molecule has 3 aromatic rings. The van der Waals surface area contributed by atoms with Crippen LogP contribution >= 0.6 is 0 Å². The van der Waals surface area contributed by atoms with Gasteiger partial charge in [-0.2, -0.15) is 5.10 Å². The van der Waals surface area contributed by atoms with Crippen molar-refractivity contribution in [2.45, 2.75) is 0 Å². The largest absolute Gasteiger partial charge is 0.276 e. The van der Waals surface area contributed by atoms with Crippen LogP contribution in [0.15, 0.2) is 100 Å². The van der Waals surface area contributed by atoms with Crippen LogP contribution in [0.2, 0.25) is 0 Å². The van der Waals surface area contributed by atoms with Gasteiger partial charge in [0.2, 0.25) is 0 Å². The third-order valence-electron chi connectivity index (χ3n) is 3.49. The van der Waals surface area contributed by atoms with E-state index in [0.29, 0.717) is 11.5 Å². The van der Waals surface area contributed by atoms with Gasteiger partial charge >= 0.3 is 0 Å². The maximum Gasteiger partial charge on any atom is 0.179 e. The molecule has 0 bridgehead atoms. The van der Waals surface area contributed by atoms with E-state index in [9.17, 15) is 0 Å². The van der Waals surface area contributed by atoms with Crippen LogP contribution in [0.3, 0.4) is 0 Å². The molecule has 0 amide bonds. The summed E-state index contributed by atoms with van der Waals surface area (Å²) in [6.07, 6.45) is 1.76. The predicted octanol–water partition coefficient (Wildman–Crippen LogP) is 5.52. The second kappa shape index (κ2) is 8.82. The molecule has 0 atom stereocenters. The zero-order valence-electron chi connectivity index (χ0n) is 13.9. The molecule has 0 saturated carbocycles.